The SMILES string of the molecule is Cc1ccccc1-n1nnnc1SCCOc1c(Cl)cccc1Cl. The highest BCUT2D eigenvalue weighted by atomic mass is 35.5. The molecule has 0 aliphatic heterocycles. The maximum absolute atomic E-state index is 6.08. The maximum Gasteiger partial charge on any atom is 0.214 e. The molecule has 1 heterocycles. The van der Waals surface area contributed by atoms with Crippen molar-refractivity contribution >= 4 is 35.0 Å². The predicted molar refractivity (Wildman–Crippen MR) is 96.6 cm³/mol. The van der Waals surface area contributed by atoms with Crippen molar-refractivity contribution in [2.75, 3.05) is 12.4 Å². The summed E-state index contributed by atoms with van der Waals surface area (Å²) in [6, 6.07) is 13.2. The number of halogens is 2. The lowest BCUT2D eigenvalue weighted by Crippen LogP contribution is -2.04. The fourth-order valence-corrected chi connectivity index (χ4v) is 3.33. The molecule has 0 radical (unpaired) electrons. The fraction of sp³-hybridized carbons (Fsp3) is 0.188. The lowest BCUT2D eigenvalue weighted by Gasteiger charge is -2.10. The second-order valence-electron chi connectivity index (χ2n) is 4.91. The van der Waals surface area contributed by atoms with Crippen LogP contribution in [0.5, 0.6) is 5.75 Å². The van der Waals surface area contributed by atoms with E-state index in [1.165, 1.54) is 11.8 Å². The molecule has 0 aliphatic rings. The number of nitrogens with zero attached hydrogens (tertiary/aromatic N) is 4. The summed E-state index contributed by atoms with van der Waals surface area (Å²) in [5.41, 5.74) is 2.06. The van der Waals surface area contributed by atoms with E-state index in [-0.39, 0.29) is 0 Å². The molecule has 0 fully saturated rings. The van der Waals surface area contributed by atoms with Crippen LogP contribution >= 0.6 is 35.0 Å². The van der Waals surface area contributed by atoms with Crippen LogP contribution in [-0.4, -0.2) is 32.6 Å². The topological polar surface area (TPSA) is 52.8 Å². The molecule has 0 unspecified atom stereocenters. The third-order valence-electron chi connectivity index (χ3n) is 3.26. The van der Waals surface area contributed by atoms with Crippen LogP contribution in [0, 0.1) is 6.92 Å². The smallest absolute Gasteiger partial charge is 0.214 e. The summed E-state index contributed by atoms with van der Waals surface area (Å²) in [6.45, 7) is 2.46. The zero-order valence-corrected chi connectivity index (χ0v) is 15.1. The second-order valence-corrected chi connectivity index (χ2v) is 6.78. The number of rotatable bonds is 6. The lowest BCUT2D eigenvalue weighted by atomic mass is 10.2. The molecule has 8 heteroatoms. The van der Waals surface area contributed by atoms with Crippen LogP contribution in [0.2, 0.25) is 10.0 Å². The van der Waals surface area contributed by atoms with Gasteiger partial charge >= 0.3 is 0 Å². The first-order valence-electron chi connectivity index (χ1n) is 7.21. The van der Waals surface area contributed by atoms with E-state index in [9.17, 15) is 0 Å². The predicted octanol–water partition coefficient (Wildman–Crippen LogP) is 4.45. The molecule has 2 aromatic carbocycles. The Morgan fingerprint density at radius 1 is 1.08 bits per heavy atom. The Balaban J connectivity index is 1.63. The molecule has 24 heavy (non-hydrogen) atoms. The molecule has 124 valence electrons. The number of thioether (sulfide) groups is 1. The van der Waals surface area contributed by atoms with Crippen molar-refractivity contribution in [3.63, 3.8) is 0 Å². The Hall–Kier alpha value is -1.76. The molecule has 0 N–H and O–H groups in total. The number of aryl methyl sites for hydroxylation is 1. The van der Waals surface area contributed by atoms with Gasteiger partial charge in [0.15, 0.2) is 5.75 Å². The van der Waals surface area contributed by atoms with Crippen LogP contribution in [0.15, 0.2) is 47.6 Å². The molecule has 0 saturated heterocycles. The maximum atomic E-state index is 6.08. The average Bonchev–Trinajstić information content (AvgIpc) is 3.02. The second kappa shape index (κ2) is 7.88. The molecule has 0 saturated carbocycles. The van der Waals surface area contributed by atoms with Crippen molar-refractivity contribution in [2.24, 2.45) is 0 Å². The van der Waals surface area contributed by atoms with Crippen molar-refractivity contribution < 1.29 is 4.74 Å². The molecule has 1 aromatic heterocycles. The number of benzene rings is 2. The molecule has 3 rings (SSSR count). The van der Waals surface area contributed by atoms with Crippen molar-refractivity contribution in [2.45, 2.75) is 12.1 Å². The van der Waals surface area contributed by atoms with E-state index in [0.29, 0.717) is 33.3 Å². The number of ether oxygens (including phenoxy) is 1. The highest BCUT2D eigenvalue weighted by Crippen LogP contribution is 2.32. The fourth-order valence-electron chi connectivity index (χ4n) is 2.12. The molecule has 3 aromatic rings. The van der Waals surface area contributed by atoms with Gasteiger partial charge in [-0.05, 0) is 41.1 Å². The summed E-state index contributed by atoms with van der Waals surface area (Å²) in [5, 5.41) is 13.6. The van der Waals surface area contributed by atoms with Gasteiger partial charge in [-0.1, -0.05) is 59.2 Å². The summed E-state index contributed by atoms with van der Waals surface area (Å²) < 4.78 is 7.40. The van der Waals surface area contributed by atoms with Crippen LogP contribution in [0.4, 0.5) is 0 Å². The van der Waals surface area contributed by atoms with Crippen molar-refractivity contribution in [3.05, 3.63) is 58.1 Å². The molecule has 0 atom stereocenters. The number of para-hydroxylation sites is 2. The van der Waals surface area contributed by atoms with Gasteiger partial charge in [-0.25, -0.2) is 0 Å². The summed E-state index contributed by atoms with van der Waals surface area (Å²) in [6.07, 6.45) is 0. The van der Waals surface area contributed by atoms with Crippen LogP contribution < -0.4 is 4.74 Å². The highest BCUT2D eigenvalue weighted by Gasteiger charge is 2.11. The van der Waals surface area contributed by atoms with Gasteiger partial charge in [0.05, 0.1) is 22.3 Å². The first-order valence-corrected chi connectivity index (χ1v) is 8.95. The van der Waals surface area contributed by atoms with Gasteiger partial charge in [-0.3, -0.25) is 0 Å². The summed E-state index contributed by atoms with van der Waals surface area (Å²) >= 11 is 13.7. The first-order chi connectivity index (χ1) is 11.7. The minimum Gasteiger partial charge on any atom is -0.490 e. The van der Waals surface area contributed by atoms with Gasteiger partial charge in [-0.15, -0.1) is 5.10 Å². The van der Waals surface area contributed by atoms with Crippen LogP contribution in [0.3, 0.4) is 0 Å². The standard InChI is InChI=1S/C16H14Cl2N4OS/c1-11-5-2-3-8-14(11)22-16(19-20-21-22)24-10-9-23-15-12(17)6-4-7-13(15)18/h2-8H,9-10H2,1H3. The zero-order valence-electron chi connectivity index (χ0n) is 12.8. The molecular formula is C16H14Cl2N4OS. The van der Waals surface area contributed by atoms with Crippen molar-refractivity contribution in [1.82, 2.24) is 20.2 Å². The van der Waals surface area contributed by atoms with Gasteiger partial charge in [0, 0.05) is 5.75 Å². The van der Waals surface area contributed by atoms with Crippen LogP contribution in [0.1, 0.15) is 5.56 Å². The van der Waals surface area contributed by atoms with E-state index in [1.54, 1.807) is 22.9 Å². The number of hydrogen-bond acceptors (Lipinski definition) is 5. The molecule has 0 bridgehead atoms. The number of aromatic nitrogens is 4. The van der Waals surface area contributed by atoms with Crippen LogP contribution in [0.25, 0.3) is 5.69 Å². The average molecular weight is 381 g/mol. The number of tetrazole rings is 1. The first kappa shape index (κ1) is 17.1. The normalized spacial score (nSPS) is 10.8. The van der Waals surface area contributed by atoms with Gasteiger partial charge in [0.1, 0.15) is 0 Å². The zero-order chi connectivity index (χ0) is 16.9. The van der Waals surface area contributed by atoms with E-state index in [2.05, 4.69) is 15.5 Å². The summed E-state index contributed by atoms with van der Waals surface area (Å²) in [7, 11) is 0. The Labute approximate surface area is 153 Å². The Kier molecular flexibility index (Phi) is 5.60. The summed E-state index contributed by atoms with van der Waals surface area (Å²) in [4.78, 5) is 0. The van der Waals surface area contributed by atoms with Gasteiger partial charge in [0.25, 0.3) is 0 Å². The largest absolute Gasteiger partial charge is 0.490 e. The van der Waals surface area contributed by atoms with Crippen LogP contribution in [-0.2, 0) is 0 Å². The minimum atomic E-state index is 0.439. The van der Waals surface area contributed by atoms with Crippen molar-refractivity contribution in [3.8, 4) is 11.4 Å². The molecule has 5 nitrogen and oxygen atoms in total. The van der Waals surface area contributed by atoms with E-state index in [4.69, 9.17) is 27.9 Å². The third kappa shape index (κ3) is 3.83. The Morgan fingerprint density at radius 2 is 1.83 bits per heavy atom. The minimum absolute atomic E-state index is 0.439. The highest BCUT2D eigenvalue weighted by molar-refractivity contribution is 7.99. The molecule has 0 aliphatic carbocycles. The van der Waals surface area contributed by atoms with Gasteiger partial charge in [-0.2, -0.15) is 4.68 Å². The Morgan fingerprint density at radius 3 is 2.58 bits per heavy atom. The molecule has 0 spiro atoms. The summed E-state index contributed by atoms with van der Waals surface area (Å²) in [5.74, 6) is 1.16. The van der Waals surface area contributed by atoms with E-state index in [0.717, 1.165) is 11.3 Å². The quantitative estimate of drug-likeness (QED) is 0.467. The molecule has 0 amide bonds. The van der Waals surface area contributed by atoms with Gasteiger partial charge < -0.3 is 4.74 Å². The van der Waals surface area contributed by atoms with E-state index < -0.39 is 0 Å². The Bertz CT molecular complexity index is 820. The monoisotopic (exact) mass is 380 g/mol. The lowest BCUT2D eigenvalue weighted by molar-refractivity contribution is 0.344. The van der Waals surface area contributed by atoms with E-state index >= 15 is 0 Å². The molecular weight excluding hydrogens is 367 g/mol. The van der Waals surface area contributed by atoms with Gasteiger partial charge in [0.2, 0.25) is 5.16 Å². The van der Waals surface area contributed by atoms with E-state index in [1.807, 2.05) is 31.2 Å². The third-order valence-corrected chi connectivity index (χ3v) is 4.74. The number of hydrogen-bond donors (Lipinski definition) is 0. The van der Waals surface area contributed by atoms with Crippen molar-refractivity contribution in [1.29, 1.82) is 0 Å².